The van der Waals surface area contributed by atoms with E-state index in [2.05, 4.69) is 5.10 Å². The van der Waals surface area contributed by atoms with Crippen LogP contribution in [0.4, 0.5) is 13.2 Å². The lowest BCUT2D eigenvalue weighted by Crippen LogP contribution is -2.45. The number of aliphatic hydroxyl groups is 1. The minimum atomic E-state index is -4.43. The molecule has 0 saturated carbocycles. The summed E-state index contributed by atoms with van der Waals surface area (Å²) in [6.45, 7) is 1.59. The third-order valence-electron chi connectivity index (χ3n) is 3.79. The summed E-state index contributed by atoms with van der Waals surface area (Å²) in [7, 11) is 0. The van der Waals surface area contributed by atoms with Crippen molar-refractivity contribution in [3.8, 4) is 0 Å². The van der Waals surface area contributed by atoms with Crippen LogP contribution in [0, 0.1) is 0 Å². The molecule has 1 atom stereocenters. The maximum atomic E-state index is 12.6. The molecule has 1 aromatic heterocycles. The number of aliphatic hydroxyl groups excluding tert-OH is 1. The molecule has 1 amide bonds. The summed E-state index contributed by atoms with van der Waals surface area (Å²) >= 11 is 0. The van der Waals surface area contributed by atoms with Gasteiger partial charge in [-0.15, -0.1) is 0 Å². The smallest absolute Gasteiger partial charge is 0.393 e. The highest BCUT2D eigenvalue weighted by molar-refractivity contribution is 5.76. The number of rotatable bonds is 4. The summed E-state index contributed by atoms with van der Waals surface area (Å²) in [5.41, 5.74) is 1.69. The van der Waals surface area contributed by atoms with Crippen molar-refractivity contribution in [3.05, 3.63) is 17.5 Å². The van der Waals surface area contributed by atoms with Gasteiger partial charge in [0.2, 0.25) is 5.91 Å². The molecule has 1 N–H and O–H groups in total. The van der Waals surface area contributed by atoms with Gasteiger partial charge in [0, 0.05) is 18.2 Å². The van der Waals surface area contributed by atoms with Crippen molar-refractivity contribution in [1.29, 1.82) is 0 Å². The van der Waals surface area contributed by atoms with E-state index in [4.69, 9.17) is 0 Å². The third kappa shape index (κ3) is 4.00. The zero-order chi connectivity index (χ0) is 16.5. The first-order chi connectivity index (χ1) is 10.2. The summed E-state index contributed by atoms with van der Waals surface area (Å²) in [5, 5.41) is 13.8. The lowest BCUT2D eigenvalue weighted by Gasteiger charge is -2.28. The fraction of sp³-hybridized carbons (Fsp3) is 0.714. The van der Waals surface area contributed by atoms with E-state index in [9.17, 15) is 23.1 Å². The predicted octanol–water partition coefficient (Wildman–Crippen LogP) is 1.53. The quantitative estimate of drug-likeness (QED) is 0.916. The van der Waals surface area contributed by atoms with Gasteiger partial charge in [0.1, 0.15) is 13.1 Å². The molecule has 0 bridgehead atoms. The molecule has 1 heterocycles. The molecule has 1 unspecified atom stereocenters. The van der Waals surface area contributed by atoms with Crippen molar-refractivity contribution >= 4 is 5.91 Å². The van der Waals surface area contributed by atoms with Crippen molar-refractivity contribution in [2.24, 2.45) is 0 Å². The first-order valence-electron chi connectivity index (χ1n) is 7.25. The second-order valence-corrected chi connectivity index (χ2v) is 5.90. The predicted molar refractivity (Wildman–Crippen MR) is 73.2 cm³/mol. The number of halogens is 3. The lowest BCUT2D eigenvalue weighted by molar-refractivity contribution is -0.165. The van der Waals surface area contributed by atoms with Crippen LogP contribution in [0.1, 0.15) is 31.5 Å². The number of carbonyl (C=O) groups is 1. The van der Waals surface area contributed by atoms with Crippen LogP contribution >= 0.6 is 0 Å². The van der Waals surface area contributed by atoms with E-state index >= 15 is 0 Å². The summed E-state index contributed by atoms with van der Waals surface area (Å²) in [5.74, 6) is -0.627. The van der Waals surface area contributed by atoms with Gasteiger partial charge in [-0.1, -0.05) is 0 Å². The highest BCUT2D eigenvalue weighted by Gasteiger charge is 2.34. The highest BCUT2D eigenvalue weighted by atomic mass is 19.4. The maximum Gasteiger partial charge on any atom is 0.406 e. The monoisotopic (exact) mass is 319 g/mol. The van der Waals surface area contributed by atoms with Gasteiger partial charge in [0.05, 0.1) is 12.3 Å². The van der Waals surface area contributed by atoms with Crippen molar-refractivity contribution in [1.82, 2.24) is 14.7 Å². The van der Waals surface area contributed by atoms with Gasteiger partial charge in [-0.2, -0.15) is 18.3 Å². The summed E-state index contributed by atoms with van der Waals surface area (Å²) in [6, 6.07) is -0.550. The third-order valence-corrected chi connectivity index (χ3v) is 3.79. The topological polar surface area (TPSA) is 58.4 Å². The summed E-state index contributed by atoms with van der Waals surface area (Å²) in [6.07, 6.45) is -1.62. The Morgan fingerprint density at radius 3 is 2.82 bits per heavy atom. The van der Waals surface area contributed by atoms with E-state index < -0.39 is 30.8 Å². The molecule has 0 fully saturated rings. The molecule has 1 aliphatic carbocycles. The molecule has 2 rings (SSSR count). The molecule has 0 aliphatic heterocycles. The number of amides is 1. The molecular formula is C14H20F3N3O2. The number of hydrogen-bond donors (Lipinski definition) is 1. The Kier molecular flexibility index (Phi) is 4.79. The lowest BCUT2D eigenvalue weighted by atomic mass is 9.96. The highest BCUT2D eigenvalue weighted by Crippen LogP contribution is 2.22. The van der Waals surface area contributed by atoms with Gasteiger partial charge in [-0.25, -0.2) is 0 Å². The van der Waals surface area contributed by atoms with E-state index in [0.29, 0.717) is 19.3 Å². The van der Waals surface area contributed by atoms with Crippen LogP contribution in [0.3, 0.4) is 0 Å². The molecule has 0 spiro atoms. The SMILES string of the molecule is CC(C)N(CC(F)(F)F)C(=O)Cn1ncc2c1CC(O)CC2. The Bertz CT molecular complexity index is 540. The number of hydrogen-bond acceptors (Lipinski definition) is 3. The van der Waals surface area contributed by atoms with Crippen molar-refractivity contribution in [3.63, 3.8) is 0 Å². The van der Waals surface area contributed by atoms with Gasteiger partial charge in [0.15, 0.2) is 0 Å². The van der Waals surface area contributed by atoms with Gasteiger partial charge in [-0.3, -0.25) is 9.48 Å². The van der Waals surface area contributed by atoms with Crippen LogP contribution < -0.4 is 0 Å². The molecule has 5 nitrogen and oxygen atoms in total. The number of nitrogens with zero attached hydrogens (tertiary/aromatic N) is 3. The first kappa shape index (κ1) is 16.8. The van der Waals surface area contributed by atoms with E-state index in [1.807, 2.05) is 0 Å². The summed E-state index contributed by atoms with van der Waals surface area (Å²) in [4.78, 5) is 13.0. The molecular weight excluding hydrogens is 299 g/mol. The Hall–Kier alpha value is -1.57. The average molecular weight is 319 g/mol. The molecule has 0 aromatic carbocycles. The van der Waals surface area contributed by atoms with E-state index in [-0.39, 0.29) is 6.54 Å². The van der Waals surface area contributed by atoms with Crippen LogP contribution in [0.5, 0.6) is 0 Å². The Morgan fingerprint density at radius 2 is 2.23 bits per heavy atom. The van der Waals surface area contributed by atoms with Gasteiger partial charge >= 0.3 is 6.18 Å². The van der Waals surface area contributed by atoms with E-state index in [1.165, 1.54) is 4.68 Å². The molecule has 1 aromatic rings. The van der Waals surface area contributed by atoms with Gasteiger partial charge < -0.3 is 10.0 Å². The van der Waals surface area contributed by atoms with Crippen LogP contribution in [0.15, 0.2) is 6.20 Å². The molecule has 8 heteroatoms. The number of aryl methyl sites for hydroxylation is 1. The Labute approximate surface area is 126 Å². The normalized spacial score (nSPS) is 18.4. The maximum absolute atomic E-state index is 12.6. The molecule has 0 saturated heterocycles. The standard InChI is InChI=1S/C14H20F3N3O2/c1-9(2)19(8-14(15,16)17)13(22)7-20-12-5-11(21)4-3-10(12)6-18-20/h6,9,11,21H,3-5,7-8H2,1-2H3. The fourth-order valence-corrected chi connectivity index (χ4v) is 2.65. The molecule has 0 radical (unpaired) electrons. The van der Waals surface area contributed by atoms with Crippen molar-refractivity contribution in [2.75, 3.05) is 6.54 Å². The van der Waals surface area contributed by atoms with Crippen LogP contribution in [0.2, 0.25) is 0 Å². The number of fused-ring (bicyclic) bond motifs is 1. The van der Waals surface area contributed by atoms with Gasteiger partial charge in [0.25, 0.3) is 0 Å². The Balaban J connectivity index is 2.12. The second kappa shape index (κ2) is 6.28. The largest absolute Gasteiger partial charge is 0.406 e. The van der Waals surface area contributed by atoms with Crippen molar-refractivity contribution < 1.29 is 23.1 Å². The van der Waals surface area contributed by atoms with Crippen molar-refractivity contribution in [2.45, 2.75) is 58.0 Å². The Morgan fingerprint density at radius 1 is 1.55 bits per heavy atom. The number of alkyl halides is 3. The van der Waals surface area contributed by atoms with Crippen LogP contribution in [0.25, 0.3) is 0 Å². The number of carbonyl (C=O) groups excluding carboxylic acids is 1. The average Bonchev–Trinajstić information content (AvgIpc) is 2.77. The van der Waals surface area contributed by atoms with E-state index in [0.717, 1.165) is 16.2 Å². The molecule has 1 aliphatic rings. The fourth-order valence-electron chi connectivity index (χ4n) is 2.65. The minimum Gasteiger partial charge on any atom is -0.393 e. The summed E-state index contributed by atoms with van der Waals surface area (Å²) < 4.78 is 39.1. The zero-order valence-electron chi connectivity index (χ0n) is 12.6. The minimum absolute atomic E-state index is 0.240. The second-order valence-electron chi connectivity index (χ2n) is 5.90. The van der Waals surface area contributed by atoms with Crippen LogP contribution in [-0.2, 0) is 24.2 Å². The number of aromatic nitrogens is 2. The molecule has 124 valence electrons. The van der Waals surface area contributed by atoms with E-state index in [1.54, 1.807) is 20.0 Å². The first-order valence-corrected chi connectivity index (χ1v) is 7.25. The van der Waals surface area contributed by atoms with Gasteiger partial charge in [-0.05, 0) is 32.3 Å². The molecule has 22 heavy (non-hydrogen) atoms. The zero-order valence-corrected chi connectivity index (χ0v) is 12.6. The van der Waals surface area contributed by atoms with Crippen LogP contribution in [-0.4, -0.2) is 50.6 Å².